The third-order valence-corrected chi connectivity index (χ3v) is 5.43. The first-order valence-corrected chi connectivity index (χ1v) is 12.0. The van der Waals surface area contributed by atoms with Crippen molar-refractivity contribution in [3.05, 3.63) is 106 Å². The Bertz CT molecular complexity index is 1540. The molecule has 1 amide bonds. The van der Waals surface area contributed by atoms with Gasteiger partial charge in [-0.3, -0.25) is 4.79 Å². The Morgan fingerprint density at radius 1 is 0.974 bits per heavy atom. The molecule has 0 radical (unpaired) electrons. The molecule has 194 valence electrons. The Kier molecular flexibility index (Phi) is 8.23. The van der Waals surface area contributed by atoms with Gasteiger partial charge in [0.15, 0.2) is 11.5 Å². The van der Waals surface area contributed by atoms with Crippen molar-refractivity contribution in [3.8, 4) is 17.2 Å². The van der Waals surface area contributed by atoms with Crippen molar-refractivity contribution in [1.82, 2.24) is 5.32 Å². The van der Waals surface area contributed by atoms with E-state index in [0.717, 1.165) is 5.56 Å². The molecule has 0 unspecified atom stereocenters. The summed E-state index contributed by atoms with van der Waals surface area (Å²) in [5.74, 6) is 0.171. The zero-order chi connectivity index (χ0) is 27.1. The number of amides is 1. The average Bonchev–Trinajstić information content (AvgIpc) is 2.90. The minimum atomic E-state index is -0.774. The molecule has 0 fully saturated rings. The molecule has 1 N–H and O–H groups in total. The van der Waals surface area contributed by atoms with Crippen molar-refractivity contribution in [2.45, 2.75) is 26.5 Å². The molecule has 0 saturated carbocycles. The summed E-state index contributed by atoms with van der Waals surface area (Å²) in [5.41, 5.74) is 1.07. The van der Waals surface area contributed by atoms with Crippen LogP contribution in [0.1, 0.15) is 35.3 Å². The first-order chi connectivity index (χ1) is 18.3. The second kappa shape index (κ2) is 11.9. The maximum absolute atomic E-state index is 12.4. The molecule has 0 aliphatic heterocycles. The highest BCUT2D eigenvalue weighted by Gasteiger charge is 2.15. The van der Waals surface area contributed by atoms with Crippen LogP contribution in [0.5, 0.6) is 17.2 Å². The number of carbonyl (C=O) groups is 2. The van der Waals surface area contributed by atoms with Crippen LogP contribution in [0.4, 0.5) is 0 Å². The molecule has 0 atom stereocenters. The smallest absolute Gasteiger partial charge is 0.349 e. The molecule has 0 bridgehead atoms. The molecule has 4 aromatic rings. The Hall–Kier alpha value is -4.85. The molecule has 0 saturated heterocycles. The molecule has 0 aliphatic carbocycles. The van der Waals surface area contributed by atoms with E-state index in [-0.39, 0.29) is 22.9 Å². The Labute approximate surface area is 219 Å². The molecule has 1 aromatic heterocycles. The lowest BCUT2D eigenvalue weighted by molar-refractivity contribution is -0.128. The van der Waals surface area contributed by atoms with E-state index in [4.69, 9.17) is 18.6 Å². The SMILES string of the molecule is COc1cc(/C=C/C(=O)Oc2ccc3cc(C(=O)NC(C)C)c(=O)oc3c2)ccc1OCc1ccccc1. The predicted molar refractivity (Wildman–Crippen MR) is 144 cm³/mol. The fourth-order valence-electron chi connectivity index (χ4n) is 3.61. The molecule has 1 heterocycles. The molecule has 0 aliphatic rings. The van der Waals surface area contributed by atoms with Crippen molar-refractivity contribution < 1.29 is 28.2 Å². The van der Waals surface area contributed by atoms with Crippen LogP contribution in [-0.4, -0.2) is 25.0 Å². The summed E-state index contributed by atoms with van der Waals surface area (Å²) in [5, 5.41) is 3.19. The number of esters is 1. The largest absolute Gasteiger partial charge is 0.493 e. The van der Waals surface area contributed by atoms with Gasteiger partial charge < -0.3 is 23.9 Å². The van der Waals surface area contributed by atoms with Gasteiger partial charge in [-0.25, -0.2) is 9.59 Å². The fraction of sp³-hybridized carbons (Fsp3) is 0.167. The highest BCUT2D eigenvalue weighted by atomic mass is 16.5. The van der Waals surface area contributed by atoms with E-state index >= 15 is 0 Å². The van der Waals surface area contributed by atoms with Crippen molar-refractivity contribution in [2.75, 3.05) is 7.11 Å². The molecular formula is C30H27NO7. The number of carbonyl (C=O) groups excluding carboxylic acids is 2. The fourth-order valence-corrected chi connectivity index (χ4v) is 3.61. The van der Waals surface area contributed by atoms with Gasteiger partial charge in [-0.2, -0.15) is 0 Å². The van der Waals surface area contributed by atoms with Gasteiger partial charge in [0.05, 0.1) is 7.11 Å². The van der Waals surface area contributed by atoms with Gasteiger partial charge in [-0.1, -0.05) is 36.4 Å². The Morgan fingerprint density at radius 3 is 2.50 bits per heavy atom. The summed E-state index contributed by atoms with van der Waals surface area (Å²) >= 11 is 0. The standard InChI is InChI=1S/C30H27NO7/c1-19(2)31-29(33)24-16-22-11-12-23(17-26(22)38-30(24)34)37-28(32)14-10-20-9-13-25(27(15-20)35-3)36-18-21-7-5-4-6-8-21/h4-17,19H,18H2,1-3H3,(H,31,33)/b14-10+. The Morgan fingerprint density at radius 2 is 1.76 bits per heavy atom. The summed E-state index contributed by atoms with van der Waals surface area (Å²) in [6.07, 6.45) is 2.87. The van der Waals surface area contributed by atoms with Crippen molar-refractivity contribution in [1.29, 1.82) is 0 Å². The second-order valence-electron chi connectivity index (χ2n) is 8.71. The molecular weight excluding hydrogens is 486 g/mol. The van der Waals surface area contributed by atoms with E-state index < -0.39 is 17.5 Å². The second-order valence-corrected chi connectivity index (χ2v) is 8.71. The van der Waals surface area contributed by atoms with Crippen LogP contribution >= 0.6 is 0 Å². The van der Waals surface area contributed by atoms with E-state index in [2.05, 4.69) is 5.32 Å². The molecule has 38 heavy (non-hydrogen) atoms. The Balaban J connectivity index is 1.42. The summed E-state index contributed by atoms with van der Waals surface area (Å²) in [4.78, 5) is 36.9. The summed E-state index contributed by atoms with van der Waals surface area (Å²) < 4.78 is 21.9. The number of fused-ring (bicyclic) bond motifs is 1. The molecule has 3 aromatic carbocycles. The monoisotopic (exact) mass is 513 g/mol. The predicted octanol–water partition coefficient (Wildman–Crippen LogP) is 5.14. The first kappa shape index (κ1) is 26.2. The quantitative estimate of drug-likeness (QED) is 0.143. The molecule has 8 heteroatoms. The highest BCUT2D eigenvalue weighted by molar-refractivity contribution is 5.97. The maximum atomic E-state index is 12.4. The number of hydrogen-bond donors (Lipinski definition) is 1. The maximum Gasteiger partial charge on any atom is 0.349 e. The van der Waals surface area contributed by atoms with E-state index in [9.17, 15) is 14.4 Å². The van der Waals surface area contributed by atoms with E-state index in [1.165, 1.54) is 18.2 Å². The molecule has 8 nitrogen and oxygen atoms in total. The number of nitrogens with one attached hydrogen (secondary N) is 1. The first-order valence-electron chi connectivity index (χ1n) is 12.0. The molecule has 0 spiro atoms. The lowest BCUT2D eigenvalue weighted by Gasteiger charge is -2.11. The summed E-state index contributed by atoms with van der Waals surface area (Å²) in [7, 11) is 1.55. The van der Waals surface area contributed by atoms with E-state index in [1.807, 2.05) is 30.3 Å². The normalized spacial score (nSPS) is 11.1. The van der Waals surface area contributed by atoms with Gasteiger partial charge in [-0.05, 0) is 61.4 Å². The van der Waals surface area contributed by atoms with Crippen LogP contribution in [0.15, 0.2) is 88.1 Å². The number of rotatable bonds is 9. The number of benzene rings is 3. The van der Waals surface area contributed by atoms with Crippen LogP contribution in [0.25, 0.3) is 17.0 Å². The number of methoxy groups -OCH3 is 1. The van der Waals surface area contributed by atoms with Crippen molar-refractivity contribution in [3.63, 3.8) is 0 Å². The van der Waals surface area contributed by atoms with Crippen LogP contribution in [0.3, 0.4) is 0 Å². The van der Waals surface area contributed by atoms with Gasteiger partial charge in [0.1, 0.15) is 23.5 Å². The molecule has 4 rings (SSSR count). The summed E-state index contributed by atoms with van der Waals surface area (Å²) in [6.45, 7) is 3.99. The van der Waals surface area contributed by atoms with Crippen LogP contribution in [0, 0.1) is 0 Å². The zero-order valence-electron chi connectivity index (χ0n) is 21.2. The van der Waals surface area contributed by atoms with Gasteiger partial charge in [0.25, 0.3) is 5.91 Å². The highest BCUT2D eigenvalue weighted by Crippen LogP contribution is 2.29. The van der Waals surface area contributed by atoms with Crippen LogP contribution in [-0.2, 0) is 11.4 Å². The van der Waals surface area contributed by atoms with Crippen molar-refractivity contribution >= 4 is 28.9 Å². The lowest BCUT2D eigenvalue weighted by Crippen LogP contribution is -2.33. The van der Waals surface area contributed by atoms with E-state index in [0.29, 0.717) is 29.1 Å². The minimum absolute atomic E-state index is 0.0919. The third kappa shape index (κ3) is 6.67. The summed E-state index contributed by atoms with van der Waals surface area (Å²) in [6, 6.07) is 21.0. The number of ether oxygens (including phenoxy) is 3. The van der Waals surface area contributed by atoms with Gasteiger partial charge in [0.2, 0.25) is 0 Å². The number of hydrogen-bond acceptors (Lipinski definition) is 7. The van der Waals surface area contributed by atoms with Crippen LogP contribution < -0.4 is 25.2 Å². The minimum Gasteiger partial charge on any atom is -0.493 e. The average molecular weight is 514 g/mol. The lowest BCUT2D eigenvalue weighted by atomic mass is 10.1. The van der Waals surface area contributed by atoms with E-state index in [1.54, 1.807) is 57.4 Å². The third-order valence-electron chi connectivity index (χ3n) is 5.43. The van der Waals surface area contributed by atoms with Gasteiger partial charge in [-0.15, -0.1) is 0 Å². The van der Waals surface area contributed by atoms with Gasteiger partial charge >= 0.3 is 11.6 Å². The van der Waals surface area contributed by atoms with Crippen LogP contribution in [0.2, 0.25) is 0 Å². The van der Waals surface area contributed by atoms with Crippen molar-refractivity contribution in [2.24, 2.45) is 0 Å². The topological polar surface area (TPSA) is 104 Å². The van der Waals surface area contributed by atoms with Gasteiger partial charge in [0, 0.05) is 23.6 Å². The zero-order valence-corrected chi connectivity index (χ0v) is 21.2.